The van der Waals surface area contributed by atoms with Gasteiger partial charge >= 0.3 is 5.97 Å². The SMILES string of the molecule is CCCCCCCCCCCCCCCCCC(=O)ON. The molecule has 0 bridgehead atoms. The van der Waals surface area contributed by atoms with Gasteiger partial charge in [-0.2, -0.15) is 5.90 Å². The molecule has 0 aliphatic carbocycles. The van der Waals surface area contributed by atoms with E-state index in [1.165, 1.54) is 83.5 Å². The van der Waals surface area contributed by atoms with Crippen molar-refractivity contribution in [1.29, 1.82) is 0 Å². The molecule has 0 amide bonds. The fraction of sp³-hybridized carbons (Fsp3) is 0.944. The Morgan fingerprint density at radius 3 is 1.33 bits per heavy atom. The van der Waals surface area contributed by atoms with Crippen molar-refractivity contribution >= 4 is 5.97 Å². The molecule has 3 heteroatoms. The van der Waals surface area contributed by atoms with Crippen LogP contribution >= 0.6 is 0 Å². The normalized spacial score (nSPS) is 10.8. The van der Waals surface area contributed by atoms with Crippen LogP contribution in [0.1, 0.15) is 110 Å². The highest BCUT2D eigenvalue weighted by Crippen LogP contribution is 2.13. The van der Waals surface area contributed by atoms with Gasteiger partial charge in [0.25, 0.3) is 0 Å². The summed E-state index contributed by atoms with van der Waals surface area (Å²) >= 11 is 0. The number of carbonyl (C=O) groups excluding carboxylic acids is 1. The van der Waals surface area contributed by atoms with Crippen molar-refractivity contribution in [3.63, 3.8) is 0 Å². The van der Waals surface area contributed by atoms with Gasteiger partial charge in [0.05, 0.1) is 0 Å². The largest absolute Gasteiger partial charge is 0.373 e. The molecule has 0 heterocycles. The number of hydrogen-bond acceptors (Lipinski definition) is 3. The van der Waals surface area contributed by atoms with Gasteiger partial charge in [-0.25, -0.2) is 0 Å². The fourth-order valence-corrected chi connectivity index (χ4v) is 2.70. The van der Waals surface area contributed by atoms with Crippen molar-refractivity contribution in [1.82, 2.24) is 0 Å². The molecule has 0 unspecified atom stereocenters. The van der Waals surface area contributed by atoms with Crippen LogP contribution in [0.25, 0.3) is 0 Å². The molecule has 0 fully saturated rings. The van der Waals surface area contributed by atoms with Crippen molar-refractivity contribution in [2.75, 3.05) is 0 Å². The van der Waals surface area contributed by atoms with E-state index in [4.69, 9.17) is 5.90 Å². The van der Waals surface area contributed by atoms with E-state index in [0.717, 1.165) is 12.8 Å². The maximum absolute atomic E-state index is 10.8. The fourth-order valence-electron chi connectivity index (χ4n) is 2.70. The maximum atomic E-state index is 10.8. The molecule has 0 saturated carbocycles. The maximum Gasteiger partial charge on any atom is 0.324 e. The van der Waals surface area contributed by atoms with Crippen molar-refractivity contribution in [2.45, 2.75) is 110 Å². The Hall–Kier alpha value is -0.570. The average molecular weight is 299 g/mol. The molecule has 0 rings (SSSR count). The van der Waals surface area contributed by atoms with Crippen LogP contribution in [0.15, 0.2) is 0 Å². The van der Waals surface area contributed by atoms with E-state index in [1.54, 1.807) is 0 Å². The molecule has 0 saturated heterocycles. The predicted octanol–water partition coefficient (Wildman–Crippen LogP) is 5.66. The van der Waals surface area contributed by atoms with Gasteiger partial charge in [0.15, 0.2) is 0 Å². The Balaban J connectivity index is 2.98. The number of carbonyl (C=O) groups is 1. The third-order valence-electron chi connectivity index (χ3n) is 4.12. The topological polar surface area (TPSA) is 52.3 Å². The smallest absolute Gasteiger partial charge is 0.324 e. The van der Waals surface area contributed by atoms with E-state index < -0.39 is 0 Å². The second-order valence-corrected chi connectivity index (χ2v) is 6.19. The van der Waals surface area contributed by atoms with Crippen molar-refractivity contribution < 1.29 is 9.63 Å². The van der Waals surface area contributed by atoms with Crippen LogP contribution in [-0.4, -0.2) is 5.97 Å². The summed E-state index contributed by atoms with van der Waals surface area (Å²) in [6.45, 7) is 2.27. The van der Waals surface area contributed by atoms with Crippen molar-refractivity contribution in [3.05, 3.63) is 0 Å². The second-order valence-electron chi connectivity index (χ2n) is 6.19. The standard InChI is InChI=1S/C18H37NO2/c1-2-3-4-5-6-7-8-9-10-11-12-13-14-15-16-17-18(20)21-19/h2-17,19H2,1H3. The summed E-state index contributed by atoms with van der Waals surface area (Å²) in [6.07, 6.45) is 20.5. The number of unbranched alkanes of at least 4 members (excludes halogenated alkanes) is 14. The van der Waals surface area contributed by atoms with Gasteiger partial charge in [0.1, 0.15) is 0 Å². The molecule has 0 aliphatic heterocycles. The highest BCUT2D eigenvalue weighted by molar-refractivity contribution is 5.68. The minimum Gasteiger partial charge on any atom is -0.373 e. The zero-order valence-corrected chi connectivity index (χ0v) is 14.2. The predicted molar refractivity (Wildman–Crippen MR) is 89.8 cm³/mol. The molecule has 0 atom stereocenters. The summed E-state index contributed by atoms with van der Waals surface area (Å²) in [7, 11) is 0. The van der Waals surface area contributed by atoms with Crippen molar-refractivity contribution in [3.8, 4) is 0 Å². The zero-order valence-electron chi connectivity index (χ0n) is 14.2. The van der Waals surface area contributed by atoms with E-state index in [-0.39, 0.29) is 5.97 Å². The van der Waals surface area contributed by atoms with Crippen LogP contribution < -0.4 is 5.90 Å². The molecule has 0 spiro atoms. The lowest BCUT2D eigenvalue weighted by molar-refractivity contribution is -0.144. The quantitative estimate of drug-likeness (QED) is 0.295. The Kier molecular flexibility index (Phi) is 17.0. The van der Waals surface area contributed by atoms with E-state index in [1.807, 2.05) is 0 Å². The molecular formula is C18H37NO2. The number of rotatable bonds is 16. The lowest BCUT2D eigenvalue weighted by Gasteiger charge is -2.03. The van der Waals surface area contributed by atoms with E-state index >= 15 is 0 Å². The van der Waals surface area contributed by atoms with Crippen LogP contribution in [0, 0.1) is 0 Å². The number of nitrogens with two attached hydrogens (primary N) is 1. The van der Waals surface area contributed by atoms with E-state index in [0.29, 0.717) is 6.42 Å². The highest BCUT2D eigenvalue weighted by atomic mass is 16.7. The minimum absolute atomic E-state index is 0.287. The first-order chi connectivity index (χ1) is 10.3. The van der Waals surface area contributed by atoms with Gasteiger partial charge < -0.3 is 4.84 Å². The molecule has 0 aliphatic rings. The zero-order chi connectivity index (χ0) is 15.6. The second kappa shape index (κ2) is 17.5. The molecular weight excluding hydrogens is 262 g/mol. The molecule has 0 radical (unpaired) electrons. The van der Waals surface area contributed by atoms with E-state index in [2.05, 4.69) is 11.8 Å². The van der Waals surface area contributed by atoms with Gasteiger partial charge in [-0.1, -0.05) is 96.8 Å². The molecule has 0 aromatic carbocycles. The van der Waals surface area contributed by atoms with Gasteiger partial charge in [0, 0.05) is 6.42 Å². The third kappa shape index (κ3) is 17.4. The first-order valence-corrected chi connectivity index (χ1v) is 9.20. The van der Waals surface area contributed by atoms with Crippen LogP contribution in [0.5, 0.6) is 0 Å². The molecule has 21 heavy (non-hydrogen) atoms. The van der Waals surface area contributed by atoms with Gasteiger partial charge in [0.2, 0.25) is 0 Å². The summed E-state index contributed by atoms with van der Waals surface area (Å²) in [5.74, 6) is 4.50. The minimum atomic E-state index is -0.287. The third-order valence-corrected chi connectivity index (χ3v) is 4.12. The molecule has 0 aromatic heterocycles. The summed E-state index contributed by atoms with van der Waals surface area (Å²) in [4.78, 5) is 14.9. The molecule has 0 aromatic rings. The van der Waals surface area contributed by atoms with Crippen molar-refractivity contribution in [2.24, 2.45) is 5.90 Å². The summed E-state index contributed by atoms with van der Waals surface area (Å²) in [6, 6.07) is 0. The Bertz CT molecular complexity index is 219. The lowest BCUT2D eigenvalue weighted by atomic mass is 10.0. The molecule has 3 nitrogen and oxygen atoms in total. The highest BCUT2D eigenvalue weighted by Gasteiger charge is 1.99. The van der Waals surface area contributed by atoms with Crippen LogP contribution in [0.3, 0.4) is 0 Å². The summed E-state index contributed by atoms with van der Waals surface area (Å²) in [5.41, 5.74) is 0. The van der Waals surface area contributed by atoms with Crippen LogP contribution in [0.4, 0.5) is 0 Å². The Morgan fingerprint density at radius 2 is 1.00 bits per heavy atom. The van der Waals surface area contributed by atoms with Crippen LogP contribution in [-0.2, 0) is 9.63 Å². The summed E-state index contributed by atoms with van der Waals surface area (Å²) in [5, 5.41) is 0. The number of hydrogen-bond donors (Lipinski definition) is 1. The van der Waals surface area contributed by atoms with Gasteiger partial charge in [-0.15, -0.1) is 0 Å². The monoisotopic (exact) mass is 299 g/mol. The Morgan fingerprint density at radius 1 is 0.667 bits per heavy atom. The van der Waals surface area contributed by atoms with E-state index in [9.17, 15) is 4.79 Å². The average Bonchev–Trinajstić information content (AvgIpc) is 2.50. The van der Waals surface area contributed by atoms with Gasteiger partial charge in [-0.3, -0.25) is 4.79 Å². The van der Waals surface area contributed by atoms with Crippen LogP contribution in [0.2, 0.25) is 0 Å². The first-order valence-electron chi connectivity index (χ1n) is 9.20. The summed E-state index contributed by atoms with van der Waals surface area (Å²) < 4.78 is 0. The Labute approximate surface area is 132 Å². The first kappa shape index (κ1) is 20.4. The lowest BCUT2D eigenvalue weighted by Crippen LogP contribution is -2.08. The van der Waals surface area contributed by atoms with Gasteiger partial charge in [-0.05, 0) is 6.42 Å². The molecule has 2 N–H and O–H groups in total. The molecule has 126 valence electrons.